The highest BCUT2D eigenvalue weighted by molar-refractivity contribution is 5.69. The average molecular weight is 567 g/mol. The number of hydrogen-bond donors (Lipinski definition) is 0. The van der Waals surface area contributed by atoms with Gasteiger partial charge in [-0.2, -0.15) is 0 Å². The van der Waals surface area contributed by atoms with Crippen molar-refractivity contribution in [2.45, 2.75) is 123 Å². The monoisotopic (exact) mass is 566 g/mol. The minimum absolute atomic E-state index is 0.0746. The number of nitrogens with zero attached hydrogens (tertiary/aromatic N) is 1. The number of aryl methyl sites for hydroxylation is 1. The molecule has 0 spiro atoms. The molecule has 0 aliphatic heterocycles. The van der Waals surface area contributed by atoms with E-state index in [0.717, 1.165) is 55.4 Å². The molecular formula is C37H60NO3+. The summed E-state index contributed by atoms with van der Waals surface area (Å²) >= 11 is 0. The van der Waals surface area contributed by atoms with Crippen LogP contribution in [-0.2, 0) is 22.5 Å². The molecular weight excluding hydrogens is 506 g/mol. The summed E-state index contributed by atoms with van der Waals surface area (Å²) in [6.45, 7) is 5.49. The van der Waals surface area contributed by atoms with Gasteiger partial charge in [0.2, 0.25) is 0 Å². The molecule has 0 fully saturated rings. The van der Waals surface area contributed by atoms with E-state index >= 15 is 0 Å². The molecule has 2 aromatic carbocycles. The Hall–Kier alpha value is -2.33. The van der Waals surface area contributed by atoms with Gasteiger partial charge < -0.3 is 14.0 Å². The maximum Gasteiger partial charge on any atom is 0.305 e. The first kappa shape index (κ1) is 34.9. The van der Waals surface area contributed by atoms with Gasteiger partial charge in [-0.3, -0.25) is 4.79 Å². The Kier molecular flexibility index (Phi) is 19.0. The predicted molar refractivity (Wildman–Crippen MR) is 173 cm³/mol. The number of quaternary nitrogens is 1. The molecule has 230 valence electrons. The normalized spacial score (nSPS) is 11.5. The fraction of sp³-hybridized carbons (Fsp3) is 0.649. The zero-order chi connectivity index (χ0) is 29.4. The van der Waals surface area contributed by atoms with E-state index in [1.165, 1.54) is 81.8 Å². The van der Waals surface area contributed by atoms with Crippen LogP contribution in [0.2, 0.25) is 0 Å². The van der Waals surface area contributed by atoms with E-state index in [4.69, 9.17) is 9.47 Å². The van der Waals surface area contributed by atoms with Crippen molar-refractivity contribution < 1.29 is 18.8 Å². The Morgan fingerprint density at radius 1 is 0.659 bits per heavy atom. The van der Waals surface area contributed by atoms with E-state index in [1.54, 1.807) is 0 Å². The highest BCUT2D eigenvalue weighted by atomic mass is 16.5. The molecule has 0 bridgehead atoms. The van der Waals surface area contributed by atoms with Crippen molar-refractivity contribution in [2.24, 2.45) is 0 Å². The maximum absolute atomic E-state index is 12.1. The van der Waals surface area contributed by atoms with Gasteiger partial charge >= 0.3 is 5.97 Å². The molecule has 0 radical (unpaired) electrons. The van der Waals surface area contributed by atoms with Crippen molar-refractivity contribution in [3.05, 3.63) is 65.7 Å². The first-order valence-corrected chi connectivity index (χ1v) is 16.7. The molecule has 4 heteroatoms. The third kappa shape index (κ3) is 18.7. The Balaban J connectivity index is 1.43. The molecule has 2 aromatic rings. The zero-order valence-corrected chi connectivity index (χ0v) is 26.7. The number of unbranched alkanes of at least 4 members (excludes halogenated alkanes) is 12. The van der Waals surface area contributed by atoms with Crippen molar-refractivity contribution in [2.75, 3.05) is 33.9 Å². The fourth-order valence-electron chi connectivity index (χ4n) is 5.40. The van der Waals surface area contributed by atoms with Gasteiger partial charge in [-0.25, -0.2) is 0 Å². The van der Waals surface area contributed by atoms with Crippen LogP contribution in [0.15, 0.2) is 54.6 Å². The van der Waals surface area contributed by atoms with Crippen molar-refractivity contribution in [3.8, 4) is 5.75 Å². The smallest absolute Gasteiger partial charge is 0.305 e. The van der Waals surface area contributed by atoms with Crippen molar-refractivity contribution >= 4 is 5.97 Å². The topological polar surface area (TPSA) is 35.5 Å². The van der Waals surface area contributed by atoms with Gasteiger partial charge in [0.1, 0.15) is 12.3 Å². The minimum Gasteiger partial charge on any atom is -0.494 e. The van der Waals surface area contributed by atoms with Crippen LogP contribution in [0.1, 0.15) is 121 Å². The van der Waals surface area contributed by atoms with Crippen LogP contribution in [0.3, 0.4) is 0 Å². The Morgan fingerprint density at radius 3 is 2.00 bits per heavy atom. The Morgan fingerprint density at radius 2 is 1.29 bits per heavy atom. The molecule has 0 aromatic heterocycles. The number of esters is 1. The summed E-state index contributed by atoms with van der Waals surface area (Å²) in [5.41, 5.74) is 2.72. The summed E-state index contributed by atoms with van der Waals surface area (Å²) in [5, 5.41) is 0. The second-order valence-corrected chi connectivity index (χ2v) is 12.5. The van der Waals surface area contributed by atoms with Gasteiger partial charge in [0, 0.05) is 12.0 Å². The first-order chi connectivity index (χ1) is 20.0. The van der Waals surface area contributed by atoms with E-state index in [0.29, 0.717) is 19.6 Å². The molecule has 4 nitrogen and oxygen atoms in total. The molecule has 0 amide bonds. The first-order valence-electron chi connectivity index (χ1n) is 16.7. The summed E-state index contributed by atoms with van der Waals surface area (Å²) < 4.78 is 12.4. The summed E-state index contributed by atoms with van der Waals surface area (Å²) in [4.78, 5) is 12.1. The van der Waals surface area contributed by atoms with Crippen LogP contribution < -0.4 is 4.74 Å². The van der Waals surface area contributed by atoms with Crippen LogP contribution in [0.25, 0.3) is 0 Å². The molecule has 0 aliphatic carbocycles. The van der Waals surface area contributed by atoms with Crippen LogP contribution in [0, 0.1) is 0 Å². The van der Waals surface area contributed by atoms with E-state index in [2.05, 4.69) is 69.6 Å². The molecule has 0 atom stereocenters. The average Bonchev–Trinajstić information content (AvgIpc) is 2.96. The number of ether oxygens (including phenoxy) is 2. The second kappa shape index (κ2) is 22.3. The highest BCUT2D eigenvalue weighted by Crippen LogP contribution is 2.17. The van der Waals surface area contributed by atoms with Crippen molar-refractivity contribution in [1.82, 2.24) is 0 Å². The van der Waals surface area contributed by atoms with Gasteiger partial charge in [-0.15, -0.1) is 0 Å². The molecule has 0 saturated carbocycles. The fourth-order valence-corrected chi connectivity index (χ4v) is 5.40. The number of rotatable bonds is 25. The van der Waals surface area contributed by atoms with Gasteiger partial charge in [0.25, 0.3) is 0 Å². The van der Waals surface area contributed by atoms with Gasteiger partial charge in [0.15, 0.2) is 0 Å². The number of carbonyl (C=O) groups excluding carboxylic acids is 1. The molecule has 41 heavy (non-hydrogen) atoms. The minimum atomic E-state index is -0.0746. The van der Waals surface area contributed by atoms with Crippen LogP contribution in [0.5, 0.6) is 5.75 Å². The van der Waals surface area contributed by atoms with Crippen molar-refractivity contribution in [1.29, 1.82) is 0 Å². The second-order valence-electron chi connectivity index (χ2n) is 12.5. The standard InChI is InChI=1S/C37H60NO3/c1-4-5-6-7-8-9-10-11-12-13-15-23-34-26-22-27-36(32-34)40-30-20-21-31-41-37(39)28-18-19-29-38(2,3)33-35-24-16-14-17-25-35/h14,16-17,22,24-27,32H,4-13,15,18-21,23,28-31,33H2,1-3H3/q+1. The summed E-state index contributed by atoms with van der Waals surface area (Å²) in [7, 11) is 4.51. The number of carbonyl (C=O) groups is 1. The summed E-state index contributed by atoms with van der Waals surface area (Å²) in [6, 6.07) is 19.2. The van der Waals surface area contributed by atoms with Crippen LogP contribution >= 0.6 is 0 Å². The zero-order valence-electron chi connectivity index (χ0n) is 26.7. The lowest BCUT2D eigenvalue weighted by Crippen LogP contribution is -2.39. The molecule has 0 aliphatic rings. The highest BCUT2D eigenvalue weighted by Gasteiger charge is 2.15. The third-order valence-electron chi connectivity index (χ3n) is 7.89. The predicted octanol–water partition coefficient (Wildman–Crippen LogP) is 9.69. The summed E-state index contributed by atoms with van der Waals surface area (Å²) in [6.07, 6.45) is 20.4. The van der Waals surface area contributed by atoms with E-state index in [1.807, 2.05) is 6.07 Å². The lowest BCUT2D eigenvalue weighted by atomic mass is 10.0. The Labute approximate surface area is 252 Å². The van der Waals surface area contributed by atoms with E-state index in [9.17, 15) is 4.79 Å². The number of hydrogen-bond acceptors (Lipinski definition) is 3. The lowest BCUT2D eigenvalue weighted by Gasteiger charge is -2.30. The molecule has 0 heterocycles. The van der Waals surface area contributed by atoms with Gasteiger partial charge in [-0.05, 0) is 56.2 Å². The van der Waals surface area contributed by atoms with Crippen molar-refractivity contribution in [3.63, 3.8) is 0 Å². The van der Waals surface area contributed by atoms with Gasteiger partial charge in [0.05, 0.1) is 33.9 Å². The SMILES string of the molecule is CCCCCCCCCCCCCc1cccc(OCCCCOC(=O)CCCC[N+](C)(C)Cc2ccccc2)c1. The van der Waals surface area contributed by atoms with E-state index in [-0.39, 0.29) is 5.97 Å². The quantitative estimate of drug-likeness (QED) is 0.0682. The van der Waals surface area contributed by atoms with E-state index < -0.39 is 0 Å². The molecule has 0 saturated heterocycles. The van der Waals surface area contributed by atoms with Crippen LogP contribution in [-0.4, -0.2) is 44.3 Å². The largest absolute Gasteiger partial charge is 0.494 e. The molecule has 0 unspecified atom stereocenters. The maximum atomic E-state index is 12.1. The third-order valence-corrected chi connectivity index (χ3v) is 7.89. The molecule has 2 rings (SSSR count). The Bertz CT molecular complexity index is 911. The summed E-state index contributed by atoms with van der Waals surface area (Å²) in [5.74, 6) is 0.880. The lowest BCUT2D eigenvalue weighted by molar-refractivity contribution is -0.903. The van der Waals surface area contributed by atoms with Crippen LogP contribution in [0.4, 0.5) is 0 Å². The molecule has 0 N–H and O–H groups in total. The number of benzene rings is 2. The van der Waals surface area contributed by atoms with Gasteiger partial charge in [-0.1, -0.05) is 114 Å².